The van der Waals surface area contributed by atoms with Gasteiger partial charge in [-0.3, -0.25) is 4.79 Å². The van der Waals surface area contributed by atoms with E-state index in [2.05, 4.69) is 20.8 Å². The highest BCUT2D eigenvalue weighted by atomic mass is 79.9. The Bertz CT molecular complexity index is 538. The standard InChI is InChI=1S/C11H12BrN3O2/c12-9-1-2-10-8(7-9)3-5-15(10)6-4-11(16)17-14-13/h1-3,5,7,14H,4,6,13H2. The number of halogens is 1. The highest BCUT2D eigenvalue weighted by molar-refractivity contribution is 9.10. The molecule has 0 saturated carbocycles. The average Bonchev–Trinajstić information content (AvgIpc) is 2.69. The summed E-state index contributed by atoms with van der Waals surface area (Å²) in [6.07, 6.45) is 2.21. The summed E-state index contributed by atoms with van der Waals surface area (Å²) >= 11 is 3.42. The van der Waals surface area contributed by atoms with E-state index in [4.69, 9.17) is 5.84 Å². The molecule has 90 valence electrons. The zero-order chi connectivity index (χ0) is 12.3. The Morgan fingerprint density at radius 2 is 2.29 bits per heavy atom. The molecule has 0 saturated heterocycles. The summed E-state index contributed by atoms with van der Waals surface area (Å²) in [4.78, 5) is 15.6. The van der Waals surface area contributed by atoms with Gasteiger partial charge in [-0.05, 0) is 24.3 Å². The predicted octanol–water partition coefficient (Wildman–Crippen LogP) is 1.72. The van der Waals surface area contributed by atoms with E-state index in [0.29, 0.717) is 6.54 Å². The molecule has 0 spiro atoms. The number of nitrogens with two attached hydrogens (primary N) is 1. The number of carbonyl (C=O) groups excluding carboxylic acids is 1. The summed E-state index contributed by atoms with van der Waals surface area (Å²) in [5.41, 5.74) is 2.96. The molecular weight excluding hydrogens is 286 g/mol. The minimum Gasteiger partial charge on any atom is -0.356 e. The van der Waals surface area contributed by atoms with Crippen molar-refractivity contribution in [3.05, 3.63) is 34.9 Å². The molecule has 1 aromatic carbocycles. The van der Waals surface area contributed by atoms with Gasteiger partial charge in [0.15, 0.2) is 0 Å². The fourth-order valence-electron chi connectivity index (χ4n) is 1.69. The SMILES string of the molecule is NNOC(=O)CCn1ccc2cc(Br)ccc21. The summed E-state index contributed by atoms with van der Waals surface area (Å²) in [7, 11) is 0. The van der Waals surface area contributed by atoms with E-state index in [1.165, 1.54) is 0 Å². The van der Waals surface area contributed by atoms with Crippen LogP contribution in [0.1, 0.15) is 6.42 Å². The van der Waals surface area contributed by atoms with Gasteiger partial charge in [0.25, 0.3) is 0 Å². The van der Waals surface area contributed by atoms with Gasteiger partial charge in [0.05, 0.1) is 6.42 Å². The number of hydrogen-bond donors (Lipinski definition) is 2. The van der Waals surface area contributed by atoms with Crippen molar-refractivity contribution in [2.45, 2.75) is 13.0 Å². The Kier molecular flexibility index (Phi) is 3.78. The van der Waals surface area contributed by atoms with Crippen molar-refractivity contribution in [3.8, 4) is 0 Å². The van der Waals surface area contributed by atoms with Gasteiger partial charge in [0.2, 0.25) is 0 Å². The number of nitrogens with zero attached hydrogens (tertiary/aromatic N) is 1. The summed E-state index contributed by atoms with van der Waals surface area (Å²) < 4.78 is 3.04. The van der Waals surface area contributed by atoms with Crippen molar-refractivity contribution in [2.24, 2.45) is 5.84 Å². The van der Waals surface area contributed by atoms with Crippen molar-refractivity contribution in [1.82, 2.24) is 10.2 Å². The molecule has 0 unspecified atom stereocenters. The molecule has 0 fully saturated rings. The van der Waals surface area contributed by atoms with Gasteiger partial charge in [-0.2, -0.15) is 0 Å². The summed E-state index contributed by atoms with van der Waals surface area (Å²) in [5.74, 6) is 4.50. The van der Waals surface area contributed by atoms with Crippen molar-refractivity contribution in [2.75, 3.05) is 0 Å². The molecule has 2 rings (SSSR count). The van der Waals surface area contributed by atoms with Crippen LogP contribution in [0.15, 0.2) is 34.9 Å². The first-order valence-corrected chi connectivity index (χ1v) is 5.89. The number of rotatable bonds is 4. The molecule has 3 N–H and O–H groups in total. The Balaban J connectivity index is 2.11. The average molecular weight is 298 g/mol. The topological polar surface area (TPSA) is 69.3 Å². The van der Waals surface area contributed by atoms with Crippen LogP contribution < -0.4 is 11.4 Å². The number of nitrogens with one attached hydrogen (secondary N) is 1. The normalized spacial score (nSPS) is 10.7. The molecule has 1 aromatic heterocycles. The van der Waals surface area contributed by atoms with E-state index in [0.717, 1.165) is 15.4 Å². The molecule has 17 heavy (non-hydrogen) atoms. The fourth-order valence-corrected chi connectivity index (χ4v) is 2.07. The summed E-state index contributed by atoms with van der Waals surface area (Å²) in [6.45, 7) is 0.561. The molecule has 0 amide bonds. The van der Waals surface area contributed by atoms with Crippen molar-refractivity contribution < 1.29 is 9.63 Å². The molecule has 0 atom stereocenters. The van der Waals surface area contributed by atoms with Gasteiger partial charge < -0.3 is 9.40 Å². The van der Waals surface area contributed by atoms with Crippen molar-refractivity contribution >= 4 is 32.8 Å². The Labute approximate surface area is 107 Å². The molecule has 2 aromatic rings. The molecule has 1 heterocycles. The number of carbonyl (C=O) groups is 1. The van der Waals surface area contributed by atoms with Gasteiger partial charge in [-0.25, -0.2) is 5.84 Å². The first-order valence-electron chi connectivity index (χ1n) is 5.10. The van der Waals surface area contributed by atoms with Gasteiger partial charge >= 0.3 is 5.97 Å². The number of fused-ring (bicyclic) bond motifs is 1. The summed E-state index contributed by atoms with van der Waals surface area (Å²) in [5, 5.41) is 1.13. The van der Waals surface area contributed by atoms with Crippen molar-refractivity contribution in [3.63, 3.8) is 0 Å². The van der Waals surface area contributed by atoms with E-state index in [1.54, 1.807) is 0 Å². The second-order valence-corrected chi connectivity index (χ2v) is 4.47. The van der Waals surface area contributed by atoms with E-state index in [1.807, 2.05) is 40.6 Å². The highest BCUT2D eigenvalue weighted by Gasteiger charge is 2.05. The number of benzene rings is 1. The van der Waals surface area contributed by atoms with Crippen LogP contribution in [0, 0.1) is 0 Å². The van der Waals surface area contributed by atoms with Crippen LogP contribution >= 0.6 is 15.9 Å². The van der Waals surface area contributed by atoms with Gasteiger partial charge in [-0.1, -0.05) is 21.5 Å². The number of hydrogen-bond acceptors (Lipinski definition) is 4. The van der Waals surface area contributed by atoms with E-state index in [-0.39, 0.29) is 12.4 Å². The van der Waals surface area contributed by atoms with E-state index >= 15 is 0 Å². The summed E-state index contributed by atoms with van der Waals surface area (Å²) in [6, 6.07) is 8.02. The molecule has 0 aliphatic heterocycles. The smallest absolute Gasteiger partial charge is 0.328 e. The minimum absolute atomic E-state index is 0.268. The predicted molar refractivity (Wildman–Crippen MR) is 67.7 cm³/mol. The van der Waals surface area contributed by atoms with E-state index < -0.39 is 0 Å². The third kappa shape index (κ3) is 2.85. The molecule has 0 radical (unpaired) electrons. The number of aromatic nitrogens is 1. The maximum atomic E-state index is 11.1. The molecule has 5 nitrogen and oxygen atoms in total. The Hall–Kier alpha value is -1.37. The van der Waals surface area contributed by atoms with E-state index in [9.17, 15) is 4.79 Å². The Morgan fingerprint density at radius 1 is 1.47 bits per heavy atom. The molecule has 0 aliphatic carbocycles. The third-order valence-corrected chi connectivity index (χ3v) is 2.96. The van der Waals surface area contributed by atoms with Gasteiger partial charge in [0, 0.05) is 28.1 Å². The second-order valence-electron chi connectivity index (χ2n) is 3.55. The lowest BCUT2D eigenvalue weighted by atomic mass is 10.2. The largest absolute Gasteiger partial charge is 0.356 e. The van der Waals surface area contributed by atoms with Crippen LogP contribution in [0.5, 0.6) is 0 Å². The maximum absolute atomic E-state index is 11.1. The lowest BCUT2D eigenvalue weighted by Crippen LogP contribution is -2.26. The molecule has 0 bridgehead atoms. The quantitative estimate of drug-likeness (QED) is 0.666. The third-order valence-electron chi connectivity index (χ3n) is 2.46. The first kappa shape index (κ1) is 12.1. The van der Waals surface area contributed by atoms with Crippen LogP contribution in [-0.4, -0.2) is 10.5 Å². The number of aryl methyl sites for hydroxylation is 1. The maximum Gasteiger partial charge on any atom is 0.328 e. The van der Waals surface area contributed by atoms with Gasteiger partial charge in [0.1, 0.15) is 0 Å². The zero-order valence-electron chi connectivity index (χ0n) is 9.02. The van der Waals surface area contributed by atoms with Gasteiger partial charge in [-0.15, -0.1) is 0 Å². The lowest BCUT2D eigenvalue weighted by Gasteiger charge is -2.05. The second kappa shape index (κ2) is 5.31. The van der Waals surface area contributed by atoms with Crippen LogP contribution in [-0.2, 0) is 16.2 Å². The van der Waals surface area contributed by atoms with Crippen molar-refractivity contribution in [1.29, 1.82) is 0 Å². The van der Waals surface area contributed by atoms with Crippen LogP contribution in [0.3, 0.4) is 0 Å². The van der Waals surface area contributed by atoms with Crippen LogP contribution in [0.25, 0.3) is 10.9 Å². The minimum atomic E-state index is -0.383. The van der Waals surface area contributed by atoms with Crippen LogP contribution in [0.4, 0.5) is 0 Å². The zero-order valence-corrected chi connectivity index (χ0v) is 10.6. The number of hydrazine groups is 1. The molecule has 6 heteroatoms. The molecule has 0 aliphatic rings. The monoisotopic (exact) mass is 297 g/mol. The lowest BCUT2D eigenvalue weighted by molar-refractivity contribution is -0.151. The first-order chi connectivity index (χ1) is 8.20. The van der Waals surface area contributed by atoms with Crippen LogP contribution in [0.2, 0.25) is 0 Å². The Morgan fingerprint density at radius 3 is 3.06 bits per heavy atom. The highest BCUT2D eigenvalue weighted by Crippen LogP contribution is 2.21. The fraction of sp³-hybridized carbons (Fsp3) is 0.182. The molecular formula is C11H12BrN3O2.